The van der Waals surface area contributed by atoms with Crippen molar-refractivity contribution in [2.75, 3.05) is 52.4 Å². The Morgan fingerprint density at radius 2 is 1.73 bits per heavy atom. The molecule has 7 nitrogen and oxygen atoms in total. The number of ether oxygens (including phenoxy) is 1. The van der Waals surface area contributed by atoms with Crippen molar-refractivity contribution in [2.45, 2.75) is 51.0 Å². The number of nitrogens with one attached hydrogen (secondary N) is 2. The van der Waals surface area contributed by atoms with Gasteiger partial charge in [-0.25, -0.2) is 4.79 Å². The highest BCUT2D eigenvalue weighted by molar-refractivity contribution is 5.79. The minimum Gasteiger partial charge on any atom is -0.376 e. The molecule has 3 aliphatic heterocycles. The summed E-state index contributed by atoms with van der Waals surface area (Å²) in [6, 6.07) is -0.0232. The Labute approximate surface area is 156 Å². The van der Waals surface area contributed by atoms with Crippen LogP contribution in [-0.2, 0) is 9.53 Å². The predicted molar refractivity (Wildman–Crippen MR) is 100.0 cm³/mol. The highest BCUT2D eigenvalue weighted by Gasteiger charge is 2.27. The fourth-order valence-corrected chi connectivity index (χ4v) is 4.13. The van der Waals surface area contributed by atoms with Crippen LogP contribution in [0.5, 0.6) is 0 Å². The van der Waals surface area contributed by atoms with Crippen molar-refractivity contribution in [1.82, 2.24) is 20.4 Å². The Bertz CT molecular complexity index is 454. The maximum absolute atomic E-state index is 12.3. The Hall–Kier alpha value is -1.34. The van der Waals surface area contributed by atoms with Gasteiger partial charge in [0.05, 0.1) is 6.10 Å². The molecule has 2 N–H and O–H groups in total. The maximum atomic E-state index is 12.3. The molecule has 7 heteroatoms. The smallest absolute Gasteiger partial charge is 0.317 e. The summed E-state index contributed by atoms with van der Waals surface area (Å²) in [6.45, 7) is 6.98. The van der Waals surface area contributed by atoms with Crippen LogP contribution in [0.1, 0.15) is 44.9 Å². The van der Waals surface area contributed by atoms with Crippen molar-refractivity contribution >= 4 is 11.9 Å². The van der Waals surface area contributed by atoms with E-state index >= 15 is 0 Å². The highest BCUT2D eigenvalue weighted by Crippen LogP contribution is 2.18. The van der Waals surface area contributed by atoms with E-state index in [1.54, 1.807) is 0 Å². The Morgan fingerprint density at radius 3 is 2.42 bits per heavy atom. The van der Waals surface area contributed by atoms with Crippen LogP contribution in [0, 0.1) is 5.92 Å². The standard InChI is InChI=1S/C19H34N4O3/c24-18(20-8-4-11-22-9-1-2-10-22)16-6-12-23(13-7-16)19(25)21-15-17-5-3-14-26-17/h16-17H,1-15H2,(H,20,24)(H,21,25). The molecule has 1 unspecified atom stereocenters. The summed E-state index contributed by atoms with van der Waals surface area (Å²) in [5, 5.41) is 6.05. The first-order valence-corrected chi connectivity index (χ1v) is 10.4. The lowest BCUT2D eigenvalue weighted by molar-refractivity contribution is -0.126. The van der Waals surface area contributed by atoms with Gasteiger partial charge >= 0.3 is 6.03 Å². The number of hydrogen-bond acceptors (Lipinski definition) is 4. The average molecular weight is 367 g/mol. The van der Waals surface area contributed by atoms with Crippen LogP contribution < -0.4 is 10.6 Å². The molecule has 3 saturated heterocycles. The Kier molecular flexibility index (Phi) is 7.55. The molecule has 1 atom stereocenters. The summed E-state index contributed by atoms with van der Waals surface area (Å²) in [5.41, 5.74) is 0. The lowest BCUT2D eigenvalue weighted by Gasteiger charge is -2.31. The lowest BCUT2D eigenvalue weighted by atomic mass is 9.96. The fourth-order valence-electron chi connectivity index (χ4n) is 4.13. The first-order chi connectivity index (χ1) is 12.7. The quantitative estimate of drug-likeness (QED) is 0.664. The van der Waals surface area contributed by atoms with Crippen molar-refractivity contribution in [2.24, 2.45) is 5.92 Å². The van der Waals surface area contributed by atoms with Gasteiger partial charge in [-0.3, -0.25) is 4.79 Å². The van der Waals surface area contributed by atoms with Gasteiger partial charge in [-0.05, 0) is 64.6 Å². The van der Waals surface area contributed by atoms with Gasteiger partial charge in [0.1, 0.15) is 0 Å². The fraction of sp³-hybridized carbons (Fsp3) is 0.895. The molecule has 3 aliphatic rings. The highest BCUT2D eigenvalue weighted by atomic mass is 16.5. The zero-order chi connectivity index (χ0) is 18.2. The third-order valence-corrected chi connectivity index (χ3v) is 5.81. The summed E-state index contributed by atoms with van der Waals surface area (Å²) in [7, 11) is 0. The second-order valence-electron chi connectivity index (χ2n) is 7.78. The van der Waals surface area contributed by atoms with Crippen LogP contribution in [-0.4, -0.2) is 80.3 Å². The first-order valence-electron chi connectivity index (χ1n) is 10.4. The first kappa shape index (κ1) is 19.4. The van der Waals surface area contributed by atoms with E-state index in [1.165, 1.54) is 25.9 Å². The zero-order valence-electron chi connectivity index (χ0n) is 15.9. The number of hydrogen-bond donors (Lipinski definition) is 2. The third kappa shape index (κ3) is 5.84. The van der Waals surface area contributed by atoms with Gasteiger partial charge in [-0.2, -0.15) is 0 Å². The van der Waals surface area contributed by atoms with Gasteiger partial charge < -0.3 is 25.2 Å². The van der Waals surface area contributed by atoms with Gasteiger partial charge in [0.2, 0.25) is 5.91 Å². The molecule has 0 aromatic heterocycles. The van der Waals surface area contributed by atoms with Crippen LogP contribution in [0.3, 0.4) is 0 Å². The van der Waals surface area contributed by atoms with E-state index in [2.05, 4.69) is 15.5 Å². The SMILES string of the molecule is O=C(NCCCN1CCCC1)C1CCN(C(=O)NCC2CCCO2)CC1. The van der Waals surface area contributed by atoms with E-state index < -0.39 is 0 Å². The number of amides is 3. The summed E-state index contributed by atoms with van der Waals surface area (Å²) >= 11 is 0. The van der Waals surface area contributed by atoms with Crippen LogP contribution >= 0.6 is 0 Å². The summed E-state index contributed by atoms with van der Waals surface area (Å²) in [5.74, 6) is 0.204. The summed E-state index contributed by atoms with van der Waals surface area (Å²) in [4.78, 5) is 28.8. The Morgan fingerprint density at radius 1 is 0.962 bits per heavy atom. The summed E-state index contributed by atoms with van der Waals surface area (Å²) < 4.78 is 5.53. The molecule has 0 radical (unpaired) electrons. The molecule has 0 aromatic rings. The van der Waals surface area contributed by atoms with Gasteiger partial charge in [0.15, 0.2) is 0 Å². The number of carbonyl (C=O) groups is 2. The molecule has 26 heavy (non-hydrogen) atoms. The monoisotopic (exact) mass is 366 g/mol. The minimum absolute atomic E-state index is 0.0232. The van der Waals surface area contributed by atoms with E-state index in [1.807, 2.05) is 4.90 Å². The normalized spacial score (nSPS) is 24.8. The second-order valence-corrected chi connectivity index (χ2v) is 7.78. The number of piperidine rings is 1. The van der Waals surface area contributed by atoms with Crippen molar-refractivity contribution in [1.29, 1.82) is 0 Å². The van der Waals surface area contributed by atoms with Crippen LogP contribution in [0.25, 0.3) is 0 Å². The number of carbonyl (C=O) groups excluding carboxylic acids is 2. The topological polar surface area (TPSA) is 73.9 Å². The Balaban J connectivity index is 1.26. The van der Waals surface area contributed by atoms with E-state index in [0.29, 0.717) is 19.6 Å². The molecule has 3 fully saturated rings. The second kappa shape index (κ2) is 10.1. The molecular formula is C19H34N4O3. The zero-order valence-corrected chi connectivity index (χ0v) is 15.9. The van der Waals surface area contributed by atoms with Crippen molar-refractivity contribution in [3.63, 3.8) is 0 Å². The van der Waals surface area contributed by atoms with Crippen molar-refractivity contribution < 1.29 is 14.3 Å². The largest absolute Gasteiger partial charge is 0.376 e. The van der Waals surface area contributed by atoms with E-state index in [-0.39, 0.29) is 24.0 Å². The van der Waals surface area contributed by atoms with Gasteiger partial charge in [0, 0.05) is 38.7 Å². The van der Waals surface area contributed by atoms with Crippen molar-refractivity contribution in [3.05, 3.63) is 0 Å². The molecule has 3 rings (SSSR count). The molecular weight excluding hydrogens is 332 g/mol. The molecule has 0 aromatic carbocycles. The minimum atomic E-state index is -0.0232. The van der Waals surface area contributed by atoms with Crippen LogP contribution in [0.4, 0.5) is 4.79 Å². The maximum Gasteiger partial charge on any atom is 0.317 e. The van der Waals surface area contributed by atoms with Gasteiger partial charge in [0.25, 0.3) is 0 Å². The van der Waals surface area contributed by atoms with Crippen LogP contribution in [0.2, 0.25) is 0 Å². The number of rotatable bonds is 7. The number of likely N-dealkylation sites (tertiary alicyclic amines) is 2. The average Bonchev–Trinajstić information content (AvgIpc) is 3.37. The molecule has 3 heterocycles. The molecule has 0 spiro atoms. The molecule has 3 amide bonds. The molecule has 0 saturated carbocycles. The number of urea groups is 1. The van der Waals surface area contributed by atoms with E-state index in [9.17, 15) is 9.59 Å². The molecule has 148 valence electrons. The third-order valence-electron chi connectivity index (χ3n) is 5.81. The van der Waals surface area contributed by atoms with Crippen LogP contribution in [0.15, 0.2) is 0 Å². The summed E-state index contributed by atoms with van der Waals surface area (Å²) in [6.07, 6.45) is 7.44. The van der Waals surface area contributed by atoms with E-state index in [4.69, 9.17) is 4.74 Å². The molecule has 0 bridgehead atoms. The number of nitrogens with zero attached hydrogens (tertiary/aromatic N) is 2. The molecule has 0 aliphatic carbocycles. The van der Waals surface area contributed by atoms with Crippen molar-refractivity contribution in [3.8, 4) is 0 Å². The predicted octanol–water partition coefficient (Wildman–Crippen LogP) is 1.19. The van der Waals surface area contributed by atoms with Gasteiger partial charge in [-0.15, -0.1) is 0 Å². The van der Waals surface area contributed by atoms with Gasteiger partial charge in [-0.1, -0.05) is 0 Å². The lowest BCUT2D eigenvalue weighted by Crippen LogP contribution is -2.48. The van der Waals surface area contributed by atoms with E-state index in [0.717, 1.165) is 51.8 Å².